The Morgan fingerprint density at radius 1 is 1.22 bits per heavy atom. The average molecular weight is 419 g/mol. The number of thiophene rings is 1. The van der Waals surface area contributed by atoms with Crippen LogP contribution in [-0.4, -0.2) is 19.7 Å². The molecule has 0 aliphatic heterocycles. The summed E-state index contributed by atoms with van der Waals surface area (Å²) in [5.74, 6) is 2.64. The highest BCUT2D eigenvalue weighted by Gasteiger charge is 2.13. The van der Waals surface area contributed by atoms with Crippen molar-refractivity contribution in [2.45, 2.75) is 17.5 Å². The highest BCUT2D eigenvalue weighted by atomic mass is 35.5. The lowest BCUT2D eigenvalue weighted by molar-refractivity contribution is 0.290. The number of halogens is 1. The first kappa shape index (κ1) is 18.1. The quantitative estimate of drug-likeness (QED) is 0.391. The first-order chi connectivity index (χ1) is 13.2. The summed E-state index contributed by atoms with van der Waals surface area (Å²) >= 11 is 9.25. The highest BCUT2D eigenvalue weighted by molar-refractivity contribution is 7.98. The number of benzene rings is 1. The van der Waals surface area contributed by atoms with Crippen LogP contribution in [0.4, 0.5) is 0 Å². The Morgan fingerprint density at radius 3 is 2.93 bits per heavy atom. The summed E-state index contributed by atoms with van der Waals surface area (Å²) in [5.41, 5.74) is 0.861. The maximum atomic E-state index is 6.10. The van der Waals surface area contributed by atoms with E-state index in [0.29, 0.717) is 29.0 Å². The zero-order valence-electron chi connectivity index (χ0n) is 14.3. The van der Waals surface area contributed by atoms with Crippen molar-refractivity contribution in [3.63, 3.8) is 0 Å². The van der Waals surface area contributed by atoms with E-state index in [4.69, 9.17) is 20.8 Å². The first-order valence-electron chi connectivity index (χ1n) is 8.07. The lowest BCUT2D eigenvalue weighted by atomic mass is 10.3. The Hall–Kier alpha value is -2.29. The molecule has 0 atom stereocenters. The second-order valence-electron chi connectivity index (χ2n) is 5.59. The van der Waals surface area contributed by atoms with Crippen LogP contribution in [0.5, 0.6) is 5.75 Å². The van der Waals surface area contributed by atoms with Gasteiger partial charge in [0.1, 0.15) is 18.6 Å². The van der Waals surface area contributed by atoms with E-state index in [2.05, 4.69) is 15.2 Å². The number of rotatable bonds is 7. The molecule has 0 bridgehead atoms. The summed E-state index contributed by atoms with van der Waals surface area (Å²) in [6.45, 7) is 0.292. The molecular formula is C18H15ClN4O2S2. The van der Waals surface area contributed by atoms with Crippen LogP contribution in [0.1, 0.15) is 11.5 Å². The molecule has 6 nitrogen and oxygen atoms in total. The molecule has 4 rings (SSSR count). The molecule has 138 valence electrons. The van der Waals surface area contributed by atoms with Crippen LogP contribution in [0, 0.1) is 0 Å². The van der Waals surface area contributed by atoms with E-state index in [-0.39, 0.29) is 0 Å². The Balaban J connectivity index is 1.37. The molecule has 0 unspecified atom stereocenters. The maximum absolute atomic E-state index is 6.10. The smallest absolute Gasteiger partial charge is 0.236 e. The number of hydrogen-bond donors (Lipinski definition) is 0. The molecule has 0 aliphatic carbocycles. The van der Waals surface area contributed by atoms with Crippen LogP contribution in [0.3, 0.4) is 0 Å². The molecule has 3 heterocycles. The molecule has 0 saturated heterocycles. The number of nitrogens with zero attached hydrogens (tertiary/aromatic N) is 4. The number of ether oxygens (including phenoxy) is 1. The number of thioether (sulfide) groups is 1. The average Bonchev–Trinajstić information content (AvgIpc) is 3.41. The van der Waals surface area contributed by atoms with Crippen molar-refractivity contribution in [3.05, 3.63) is 64.6 Å². The number of hydrogen-bond acceptors (Lipinski definition) is 7. The third-order valence-corrected chi connectivity index (χ3v) is 5.98. The second kappa shape index (κ2) is 8.16. The van der Waals surface area contributed by atoms with Crippen LogP contribution in [-0.2, 0) is 19.4 Å². The highest BCUT2D eigenvalue weighted by Crippen LogP contribution is 2.27. The van der Waals surface area contributed by atoms with E-state index in [9.17, 15) is 0 Å². The van der Waals surface area contributed by atoms with E-state index in [1.165, 1.54) is 0 Å². The van der Waals surface area contributed by atoms with Crippen LogP contribution >= 0.6 is 34.7 Å². The largest absolute Gasteiger partial charge is 0.484 e. The van der Waals surface area contributed by atoms with Gasteiger partial charge in [0.05, 0.1) is 15.6 Å². The van der Waals surface area contributed by atoms with Gasteiger partial charge in [0.2, 0.25) is 5.89 Å². The molecule has 9 heteroatoms. The fraction of sp³-hybridized carbons (Fsp3) is 0.167. The Kier molecular flexibility index (Phi) is 5.47. The van der Waals surface area contributed by atoms with Crippen molar-refractivity contribution in [2.75, 3.05) is 0 Å². The van der Waals surface area contributed by atoms with E-state index in [1.54, 1.807) is 35.4 Å². The van der Waals surface area contributed by atoms with Gasteiger partial charge in [-0.2, -0.15) is 0 Å². The molecule has 1 aromatic carbocycles. The third-order valence-electron chi connectivity index (χ3n) is 3.75. The monoisotopic (exact) mass is 418 g/mol. The van der Waals surface area contributed by atoms with Crippen LogP contribution in [0.15, 0.2) is 57.6 Å². The standard InChI is InChI=1S/C18H15ClN4O2S2/c1-23-16(10-24-14-6-3-2-5-13(14)19)21-22-18(23)27-11-12-9-25-17(20-12)15-7-4-8-26-15/h2-9H,10-11H2,1H3. The van der Waals surface area contributed by atoms with Gasteiger partial charge < -0.3 is 13.7 Å². The summed E-state index contributed by atoms with van der Waals surface area (Å²) in [4.78, 5) is 5.53. The molecule has 4 aromatic rings. The molecular weight excluding hydrogens is 404 g/mol. The van der Waals surface area contributed by atoms with Gasteiger partial charge in [-0.1, -0.05) is 41.6 Å². The summed E-state index contributed by atoms with van der Waals surface area (Å²) in [6.07, 6.45) is 1.68. The molecule has 0 N–H and O–H groups in total. The molecule has 27 heavy (non-hydrogen) atoms. The van der Waals surface area contributed by atoms with Gasteiger partial charge in [-0.3, -0.25) is 0 Å². The lowest BCUT2D eigenvalue weighted by Gasteiger charge is -2.07. The van der Waals surface area contributed by atoms with E-state index < -0.39 is 0 Å². The van der Waals surface area contributed by atoms with E-state index >= 15 is 0 Å². The summed E-state index contributed by atoms with van der Waals surface area (Å²) in [7, 11) is 1.91. The summed E-state index contributed by atoms with van der Waals surface area (Å²) in [6, 6.07) is 11.3. The molecule has 0 amide bonds. The topological polar surface area (TPSA) is 66.0 Å². The summed E-state index contributed by atoms with van der Waals surface area (Å²) in [5, 5.41) is 11.8. The number of aromatic nitrogens is 4. The zero-order valence-corrected chi connectivity index (χ0v) is 16.7. The van der Waals surface area contributed by atoms with Gasteiger partial charge >= 0.3 is 0 Å². The first-order valence-corrected chi connectivity index (χ1v) is 10.3. The van der Waals surface area contributed by atoms with Gasteiger partial charge in [-0.25, -0.2) is 4.98 Å². The normalized spacial score (nSPS) is 11.0. The SMILES string of the molecule is Cn1c(COc2ccccc2Cl)nnc1SCc1coc(-c2cccs2)n1. The molecule has 0 spiro atoms. The van der Waals surface area contributed by atoms with Crippen LogP contribution in [0.2, 0.25) is 5.02 Å². The molecule has 0 fully saturated rings. The molecule has 0 saturated carbocycles. The fourth-order valence-electron chi connectivity index (χ4n) is 2.33. The van der Waals surface area contributed by atoms with Crippen molar-refractivity contribution in [1.29, 1.82) is 0 Å². The Morgan fingerprint density at radius 2 is 2.11 bits per heavy atom. The maximum Gasteiger partial charge on any atom is 0.236 e. The van der Waals surface area contributed by atoms with Gasteiger partial charge in [-0.15, -0.1) is 21.5 Å². The van der Waals surface area contributed by atoms with Gasteiger partial charge in [0, 0.05) is 12.8 Å². The minimum atomic E-state index is 0.292. The van der Waals surface area contributed by atoms with Gasteiger partial charge in [0.15, 0.2) is 11.0 Å². The minimum absolute atomic E-state index is 0.292. The predicted molar refractivity (Wildman–Crippen MR) is 106 cm³/mol. The van der Waals surface area contributed by atoms with Crippen molar-refractivity contribution in [1.82, 2.24) is 19.7 Å². The van der Waals surface area contributed by atoms with Gasteiger partial charge in [0.25, 0.3) is 0 Å². The minimum Gasteiger partial charge on any atom is -0.484 e. The van der Waals surface area contributed by atoms with E-state index in [0.717, 1.165) is 21.6 Å². The van der Waals surface area contributed by atoms with Crippen molar-refractivity contribution in [2.24, 2.45) is 7.05 Å². The third kappa shape index (κ3) is 4.18. The van der Waals surface area contributed by atoms with Gasteiger partial charge in [-0.05, 0) is 23.6 Å². The molecule has 3 aromatic heterocycles. The molecule has 0 aliphatic rings. The van der Waals surface area contributed by atoms with E-state index in [1.807, 2.05) is 47.3 Å². The summed E-state index contributed by atoms with van der Waals surface area (Å²) < 4.78 is 13.2. The Labute approximate surface area is 169 Å². The number of oxazole rings is 1. The molecule has 0 radical (unpaired) electrons. The zero-order chi connectivity index (χ0) is 18.6. The lowest BCUT2D eigenvalue weighted by Crippen LogP contribution is -2.04. The number of para-hydroxylation sites is 1. The van der Waals surface area contributed by atoms with Crippen LogP contribution in [0.25, 0.3) is 10.8 Å². The fourth-order valence-corrected chi connectivity index (χ4v) is 3.98. The Bertz CT molecular complexity index is 1030. The second-order valence-corrected chi connectivity index (χ2v) is 7.88. The van der Waals surface area contributed by atoms with Crippen LogP contribution < -0.4 is 4.74 Å². The predicted octanol–water partition coefficient (Wildman–Crippen LogP) is 5.06. The van der Waals surface area contributed by atoms with Crippen molar-refractivity contribution in [3.8, 4) is 16.5 Å². The van der Waals surface area contributed by atoms with Crippen molar-refractivity contribution >= 4 is 34.7 Å². The van der Waals surface area contributed by atoms with Crippen molar-refractivity contribution < 1.29 is 9.15 Å².